The Morgan fingerprint density at radius 1 is 1.07 bits per heavy atom. The predicted molar refractivity (Wildman–Crippen MR) is 114 cm³/mol. The van der Waals surface area contributed by atoms with Gasteiger partial charge in [0.1, 0.15) is 11.2 Å². The van der Waals surface area contributed by atoms with Gasteiger partial charge in [0.2, 0.25) is 5.43 Å². The molecule has 0 bridgehead atoms. The average Bonchev–Trinajstić information content (AvgIpc) is 2.73. The highest BCUT2D eigenvalue weighted by Gasteiger charge is 2.24. The summed E-state index contributed by atoms with van der Waals surface area (Å²) >= 11 is 0. The summed E-state index contributed by atoms with van der Waals surface area (Å²) in [6.07, 6.45) is 8.89. The molecule has 0 atom stereocenters. The maximum Gasteiger partial charge on any atom is 0.266 e. The highest BCUT2D eigenvalue weighted by Crippen LogP contribution is 2.32. The largest absolute Gasteiger partial charge is 0.328 e. The van der Waals surface area contributed by atoms with Crippen LogP contribution < -0.4 is 11.0 Å². The molecule has 148 valence electrons. The molecule has 0 saturated heterocycles. The van der Waals surface area contributed by atoms with Gasteiger partial charge in [-0.1, -0.05) is 51.2 Å². The number of hydrogen-bond acceptors (Lipinski definition) is 3. The zero-order chi connectivity index (χ0) is 19.7. The summed E-state index contributed by atoms with van der Waals surface area (Å²) in [5.41, 5.74) is 1.000. The van der Waals surface area contributed by atoms with Gasteiger partial charge in [-0.25, -0.2) is 4.98 Å². The Bertz CT molecular complexity index is 1120. The maximum absolute atomic E-state index is 13.5. The number of para-hydroxylation sites is 1. The second-order valence-electron chi connectivity index (χ2n) is 8.07. The van der Waals surface area contributed by atoms with E-state index in [4.69, 9.17) is 4.98 Å². The van der Waals surface area contributed by atoms with Gasteiger partial charge in [-0.15, -0.1) is 0 Å². The van der Waals surface area contributed by atoms with Gasteiger partial charge >= 0.3 is 0 Å². The molecule has 1 aliphatic rings. The van der Waals surface area contributed by atoms with Crippen molar-refractivity contribution in [1.82, 2.24) is 14.1 Å². The fourth-order valence-electron chi connectivity index (χ4n) is 4.62. The van der Waals surface area contributed by atoms with Crippen LogP contribution in [0.2, 0.25) is 0 Å². The van der Waals surface area contributed by atoms with E-state index in [9.17, 15) is 9.59 Å². The molecule has 1 fully saturated rings. The van der Waals surface area contributed by atoms with Gasteiger partial charge in [0.05, 0.1) is 5.52 Å². The summed E-state index contributed by atoms with van der Waals surface area (Å²) in [5.74, 6) is 1.20. The lowest BCUT2D eigenvalue weighted by Gasteiger charge is -2.25. The first-order valence-corrected chi connectivity index (χ1v) is 10.7. The second-order valence-corrected chi connectivity index (χ2v) is 8.07. The number of aryl methyl sites for hydroxylation is 1. The summed E-state index contributed by atoms with van der Waals surface area (Å²) in [6.45, 7) is 2.81. The fraction of sp³-hybridized carbons (Fsp3) is 0.522. The molecule has 3 aromatic rings. The van der Waals surface area contributed by atoms with Crippen molar-refractivity contribution in [3.63, 3.8) is 0 Å². The van der Waals surface area contributed by atoms with Crippen molar-refractivity contribution in [1.29, 1.82) is 0 Å². The van der Waals surface area contributed by atoms with E-state index >= 15 is 0 Å². The molecule has 0 aliphatic heterocycles. The third-order valence-electron chi connectivity index (χ3n) is 6.19. The number of pyridine rings is 1. The van der Waals surface area contributed by atoms with Gasteiger partial charge in [0.15, 0.2) is 5.65 Å². The van der Waals surface area contributed by atoms with Crippen LogP contribution in [0.25, 0.3) is 21.9 Å². The summed E-state index contributed by atoms with van der Waals surface area (Å²) < 4.78 is 3.74. The topological polar surface area (TPSA) is 56.9 Å². The van der Waals surface area contributed by atoms with Gasteiger partial charge in [-0.3, -0.25) is 14.2 Å². The Labute approximate surface area is 165 Å². The van der Waals surface area contributed by atoms with E-state index in [1.807, 2.05) is 34.4 Å². The molecular weight excluding hydrogens is 350 g/mol. The lowest BCUT2D eigenvalue weighted by Crippen LogP contribution is -2.32. The van der Waals surface area contributed by atoms with Crippen LogP contribution in [0, 0.1) is 0 Å². The van der Waals surface area contributed by atoms with Crippen molar-refractivity contribution in [2.75, 3.05) is 0 Å². The fourth-order valence-corrected chi connectivity index (χ4v) is 4.62. The maximum atomic E-state index is 13.5. The number of unbranched alkanes of at least 4 members (excludes halogenated alkanes) is 2. The van der Waals surface area contributed by atoms with E-state index in [1.165, 1.54) is 19.3 Å². The molecule has 5 nitrogen and oxygen atoms in total. The SMILES string of the molecule is CCCCCn1c(C2CCCCC2)nc2c(c(=O)c3ccccc3n2C)c1=O. The molecule has 5 heteroatoms. The molecule has 2 heterocycles. The van der Waals surface area contributed by atoms with Gasteiger partial charge < -0.3 is 4.57 Å². The number of rotatable bonds is 5. The second kappa shape index (κ2) is 7.90. The molecule has 2 aromatic heterocycles. The Morgan fingerprint density at radius 2 is 1.82 bits per heavy atom. The molecule has 1 aliphatic carbocycles. The summed E-state index contributed by atoms with van der Waals surface area (Å²) in [4.78, 5) is 31.7. The van der Waals surface area contributed by atoms with E-state index in [-0.39, 0.29) is 16.4 Å². The minimum atomic E-state index is -0.194. The molecule has 0 radical (unpaired) electrons. The first kappa shape index (κ1) is 18.9. The standard InChI is InChI=1S/C23H29N3O2/c1-3-4-10-15-26-21(16-11-6-5-7-12-16)24-22-19(23(26)28)20(27)17-13-8-9-14-18(17)25(22)2/h8-9,13-14,16H,3-7,10-12,15H2,1-2H3. The number of nitrogens with zero attached hydrogens (tertiary/aromatic N) is 3. The smallest absolute Gasteiger partial charge is 0.266 e. The van der Waals surface area contributed by atoms with Crippen LogP contribution in [0.15, 0.2) is 33.9 Å². The lowest BCUT2D eigenvalue weighted by atomic mass is 9.88. The minimum absolute atomic E-state index is 0.159. The van der Waals surface area contributed by atoms with Gasteiger partial charge in [0, 0.05) is 24.9 Å². The normalized spacial score (nSPS) is 15.5. The van der Waals surface area contributed by atoms with Crippen molar-refractivity contribution in [3.8, 4) is 0 Å². The predicted octanol–water partition coefficient (Wildman–Crippen LogP) is 4.49. The van der Waals surface area contributed by atoms with E-state index in [0.29, 0.717) is 23.5 Å². The van der Waals surface area contributed by atoms with E-state index in [0.717, 1.165) is 43.4 Å². The number of benzene rings is 1. The first-order chi connectivity index (χ1) is 13.6. The Balaban J connectivity index is 2.02. The minimum Gasteiger partial charge on any atom is -0.328 e. The average molecular weight is 380 g/mol. The summed E-state index contributed by atoms with van der Waals surface area (Å²) in [7, 11) is 1.91. The molecule has 0 N–H and O–H groups in total. The molecule has 0 spiro atoms. The molecule has 1 aromatic carbocycles. The quantitative estimate of drug-likeness (QED) is 0.485. The Morgan fingerprint density at radius 3 is 2.57 bits per heavy atom. The zero-order valence-corrected chi connectivity index (χ0v) is 16.9. The molecule has 0 amide bonds. The Hall–Kier alpha value is -2.43. The highest BCUT2D eigenvalue weighted by molar-refractivity contribution is 5.91. The van der Waals surface area contributed by atoms with Crippen LogP contribution in [0.4, 0.5) is 0 Å². The summed E-state index contributed by atoms with van der Waals surface area (Å²) in [5, 5.41) is 0.819. The molecule has 28 heavy (non-hydrogen) atoms. The van der Waals surface area contributed by atoms with Crippen molar-refractivity contribution in [2.45, 2.75) is 70.8 Å². The molecule has 1 saturated carbocycles. The van der Waals surface area contributed by atoms with Crippen LogP contribution in [-0.4, -0.2) is 14.1 Å². The van der Waals surface area contributed by atoms with Gasteiger partial charge in [0.25, 0.3) is 5.56 Å². The zero-order valence-electron chi connectivity index (χ0n) is 16.9. The van der Waals surface area contributed by atoms with Crippen LogP contribution in [0.3, 0.4) is 0 Å². The number of fused-ring (bicyclic) bond motifs is 2. The van der Waals surface area contributed by atoms with Crippen LogP contribution in [-0.2, 0) is 13.6 Å². The van der Waals surface area contributed by atoms with Crippen LogP contribution in [0.5, 0.6) is 0 Å². The third kappa shape index (κ3) is 3.17. The Kier molecular flexibility index (Phi) is 5.33. The van der Waals surface area contributed by atoms with Crippen molar-refractivity contribution in [3.05, 3.63) is 50.7 Å². The summed E-state index contributed by atoms with van der Waals surface area (Å²) in [6, 6.07) is 7.48. The molecular formula is C23H29N3O2. The van der Waals surface area contributed by atoms with Crippen LogP contribution >= 0.6 is 0 Å². The first-order valence-electron chi connectivity index (χ1n) is 10.7. The van der Waals surface area contributed by atoms with Crippen molar-refractivity contribution in [2.24, 2.45) is 7.05 Å². The van der Waals surface area contributed by atoms with E-state index < -0.39 is 0 Å². The van der Waals surface area contributed by atoms with Gasteiger partial charge in [-0.05, 0) is 31.4 Å². The van der Waals surface area contributed by atoms with Gasteiger partial charge in [-0.2, -0.15) is 0 Å². The van der Waals surface area contributed by atoms with E-state index in [1.54, 1.807) is 6.07 Å². The lowest BCUT2D eigenvalue weighted by molar-refractivity contribution is 0.405. The monoisotopic (exact) mass is 379 g/mol. The van der Waals surface area contributed by atoms with Crippen molar-refractivity contribution >= 4 is 21.9 Å². The van der Waals surface area contributed by atoms with Crippen LogP contribution in [0.1, 0.15) is 70.0 Å². The highest BCUT2D eigenvalue weighted by atomic mass is 16.1. The van der Waals surface area contributed by atoms with Crippen molar-refractivity contribution < 1.29 is 0 Å². The number of aromatic nitrogens is 3. The third-order valence-corrected chi connectivity index (χ3v) is 6.19. The van der Waals surface area contributed by atoms with E-state index in [2.05, 4.69) is 6.92 Å². The molecule has 4 rings (SSSR count). The number of hydrogen-bond donors (Lipinski definition) is 0. The molecule has 0 unspecified atom stereocenters.